The highest BCUT2D eigenvalue weighted by Crippen LogP contribution is 2.27. The summed E-state index contributed by atoms with van der Waals surface area (Å²) in [5.74, 6) is -0.900. The molecule has 0 spiro atoms. The van der Waals surface area contributed by atoms with Gasteiger partial charge in [-0.2, -0.15) is 0 Å². The van der Waals surface area contributed by atoms with Gasteiger partial charge in [0.15, 0.2) is 0 Å². The first-order valence-electron chi connectivity index (χ1n) is 14.2. The molecule has 3 aromatic rings. The summed E-state index contributed by atoms with van der Waals surface area (Å²) >= 11 is 0. The van der Waals surface area contributed by atoms with Crippen LogP contribution in [0.15, 0.2) is 77.7 Å². The number of nitrogens with one attached hydrogen (secondary N) is 1. The zero-order chi connectivity index (χ0) is 30.9. The van der Waals surface area contributed by atoms with Gasteiger partial charge in [-0.1, -0.05) is 43.7 Å². The molecule has 0 bridgehead atoms. The number of carbonyl (C=O) groups is 2. The Labute approximate surface area is 248 Å². The highest BCUT2D eigenvalue weighted by atomic mass is 32.2. The van der Waals surface area contributed by atoms with Gasteiger partial charge in [0.1, 0.15) is 24.2 Å². The van der Waals surface area contributed by atoms with Crippen molar-refractivity contribution in [3.05, 3.63) is 89.7 Å². The molecule has 1 N–H and O–H groups in total. The number of halogens is 1. The predicted molar refractivity (Wildman–Crippen MR) is 162 cm³/mol. The molecule has 226 valence electrons. The van der Waals surface area contributed by atoms with E-state index in [1.54, 1.807) is 24.3 Å². The van der Waals surface area contributed by atoms with Crippen LogP contribution in [0.2, 0.25) is 0 Å². The fourth-order valence-electron chi connectivity index (χ4n) is 4.39. The van der Waals surface area contributed by atoms with Gasteiger partial charge in [-0.15, -0.1) is 0 Å². The second kappa shape index (κ2) is 14.8. The molecule has 0 aliphatic rings. The smallest absolute Gasteiger partial charge is 0.264 e. The quantitative estimate of drug-likeness (QED) is 0.267. The fourth-order valence-corrected chi connectivity index (χ4v) is 5.80. The number of amides is 2. The molecule has 0 saturated carbocycles. The molecule has 0 heterocycles. The van der Waals surface area contributed by atoms with E-state index in [2.05, 4.69) is 5.32 Å². The lowest BCUT2D eigenvalue weighted by Gasteiger charge is -2.33. The zero-order valence-electron chi connectivity index (χ0n) is 24.8. The van der Waals surface area contributed by atoms with Gasteiger partial charge in [-0.3, -0.25) is 13.9 Å². The molecule has 2 amide bonds. The van der Waals surface area contributed by atoms with Crippen LogP contribution in [0.4, 0.5) is 10.1 Å². The van der Waals surface area contributed by atoms with Crippen LogP contribution in [0.1, 0.15) is 51.7 Å². The number of hydrogen-bond acceptors (Lipinski definition) is 5. The minimum atomic E-state index is -4.30. The van der Waals surface area contributed by atoms with Crippen LogP contribution in [-0.4, -0.2) is 50.4 Å². The zero-order valence-corrected chi connectivity index (χ0v) is 25.7. The summed E-state index contributed by atoms with van der Waals surface area (Å²) in [7, 11) is -4.30. The molecule has 0 radical (unpaired) electrons. The van der Waals surface area contributed by atoms with E-state index in [4.69, 9.17) is 4.74 Å². The first-order chi connectivity index (χ1) is 20.0. The number of nitrogens with zero attached hydrogens (tertiary/aromatic N) is 2. The summed E-state index contributed by atoms with van der Waals surface area (Å²) in [5, 5.41) is 2.96. The Balaban J connectivity index is 2.05. The van der Waals surface area contributed by atoms with E-state index in [0.717, 1.165) is 46.1 Å². The summed E-state index contributed by atoms with van der Waals surface area (Å²) in [6.07, 6.45) is 1.04. The maximum atomic E-state index is 14.1. The molecule has 0 aliphatic carbocycles. The van der Waals surface area contributed by atoms with Crippen LogP contribution >= 0.6 is 0 Å². The fraction of sp³-hybridized carbons (Fsp3) is 0.375. The van der Waals surface area contributed by atoms with E-state index >= 15 is 0 Å². The number of benzene rings is 3. The van der Waals surface area contributed by atoms with E-state index in [9.17, 15) is 22.4 Å². The molecule has 2 atom stereocenters. The van der Waals surface area contributed by atoms with Gasteiger partial charge in [0.2, 0.25) is 11.8 Å². The van der Waals surface area contributed by atoms with Crippen LogP contribution in [0.25, 0.3) is 0 Å². The van der Waals surface area contributed by atoms with Crippen molar-refractivity contribution < 1.29 is 27.1 Å². The Morgan fingerprint density at radius 1 is 0.905 bits per heavy atom. The molecule has 3 aromatic carbocycles. The van der Waals surface area contributed by atoms with Gasteiger partial charge in [-0.05, 0) is 87.7 Å². The Kier molecular flexibility index (Phi) is 11.5. The highest BCUT2D eigenvalue weighted by molar-refractivity contribution is 7.92. The van der Waals surface area contributed by atoms with Gasteiger partial charge >= 0.3 is 0 Å². The third-order valence-corrected chi connectivity index (χ3v) is 8.76. The molecule has 0 unspecified atom stereocenters. The van der Waals surface area contributed by atoms with Crippen molar-refractivity contribution in [1.82, 2.24) is 10.2 Å². The molecule has 8 nitrogen and oxygen atoms in total. The standard InChI is InChI=1S/C32H40FN3O5S/c1-6-24(5)34-32(38)30(7-2)35(21-25-11-9-23(4)10-12-25)31(37)22-36(27-15-17-28(18-16-27)41-8-3)42(39,40)29-19-13-26(33)14-20-29/h9-20,24,30H,6-8,21-22H2,1-5H3,(H,34,38)/t24-,30-/m1/s1. The molecule has 0 aliphatic heterocycles. The summed E-state index contributed by atoms with van der Waals surface area (Å²) in [4.78, 5) is 28.7. The van der Waals surface area contributed by atoms with Crippen molar-refractivity contribution in [2.45, 2.75) is 71.0 Å². The first-order valence-corrected chi connectivity index (χ1v) is 15.6. The van der Waals surface area contributed by atoms with Crippen molar-refractivity contribution in [1.29, 1.82) is 0 Å². The summed E-state index contributed by atoms with van der Waals surface area (Å²) in [5.41, 5.74) is 2.08. The number of carbonyl (C=O) groups excluding carboxylic acids is 2. The van der Waals surface area contributed by atoms with Crippen LogP contribution in [0, 0.1) is 12.7 Å². The van der Waals surface area contributed by atoms with Crippen LogP contribution in [0.3, 0.4) is 0 Å². The number of anilines is 1. The van der Waals surface area contributed by atoms with E-state index in [-0.39, 0.29) is 29.1 Å². The molecular formula is C32H40FN3O5S. The van der Waals surface area contributed by atoms with Crippen molar-refractivity contribution in [2.75, 3.05) is 17.5 Å². The van der Waals surface area contributed by atoms with Gasteiger partial charge in [0.05, 0.1) is 17.2 Å². The highest BCUT2D eigenvalue weighted by Gasteiger charge is 2.34. The van der Waals surface area contributed by atoms with Gasteiger partial charge in [0, 0.05) is 12.6 Å². The van der Waals surface area contributed by atoms with Gasteiger partial charge < -0.3 is 15.0 Å². The second-order valence-corrected chi connectivity index (χ2v) is 12.0. The summed E-state index contributed by atoms with van der Waals surface area (Å²) in [6, 6.07) is 17.5. The largest absolute Gasteiger partial charge is 0.494 e. The normalized spacial score (nSPS) is 12.7. The van der Waals surface area contributed by atoms with Crippen LogP contribution < -0.4 is 14.4 Å². The maximum absolute atomic E-state index is 14.1. The molecular weight excluding hydrogens is 557 g/mol. The first kappa shape index (κ1) is 32.6. The molecule has 0 fully saturated rings. The van der Waals surface area contributed by atoms with Crippen LogP contribution in [-0.2, 0) is 26.2 Å². The minimum Gasteiger partial charge on any atom is -0.494 e. The monoisotopic (exact) mass is 597 g/mol. The lowest BCUT2D eigenvalue weighted by atomic mass is 10.1. The van der Waals surface area contributed by atoms with E-state index in [1.807, 2.05) is 58.9 Å². The van der Waals surface area contributed by atoms with Gasteiger partial charge in [0.25, 0.3) is 10.0 Å². The summed E-state index contributed by atoms with van der Waals surface area (Å²) < 4.78 is 47.9. The number of rotatable bonds is 14. The molecule has 3 rings (SSSR count). The Bertz CT molecular complexity index is 1430. The van der Waals surface area contributed by atoms with E-state index < -0.39 is 34.3 Å². The average molecular weight is 598 g/mol. The van der Waals surface area contributed by atoms with Crippen molar-refractivity contribution >= 4 is 27.5 Å². The number of hydrogen-bond donors (Lipinski definition) is 1. The van der Waals surface area contributed by atoms with E-state index in [1.165, 1.54) is 4.90 Å². The van der Waals surface area contributed by atoms with Gasteiger partial charge in [-0.25, -0.2) is 12.8 Å². The molecule has 0 saturated heterocycles. The number of aryl methyl sites for hydroxylation is 1. The van der Waals surface area contributed by atoms with Crippen molar-refractivity contribution in [3.63, 3.8) is 0 Å². The predicted octanol–water partition coefficient (Wildman–Crippen LogP) is 5.45. The molecule has 10 heteroatoms. The lowest BCUT2D eigenvalue weighted by molar-refractivity contribution is -0.140. The topological polar surface area (TPSA) is 96.0 Å². The summed E-state index contributed by atoms with van der Waals surface area (Å²) in [6.45, 7) is 9.41. The third kappa shape index (κ3) is 8.31. The van der Waals surface area contributed by atoms with E-state index in [0.29, 0.717) is 18.8 Å². The SMILES string of the molecule is CCOc1ccc(N(CC(=O)N(Cc2ccc(C)cc2)[C@H](CC)C(=O)N[C@H](C)CC)S(=O)(=O)c2ccc(F)cc2)cc1. The maximum Gasteiger partial charge on any atom is 0.264 e. The third-order valence-electron chi connectivity index (χ3n) is 6.98. The molecule has 42 heavy (non-hydrogen) atoms. The van der Waals surface area contributed by atoms with Crippen LogP contribution in [0.5, 0.6) is 5.75 Å². The second-order valence-electron chi connectivity index (χ2n) is 10.1. The molecule has 0 aromatic heterocycles. The average Bonchev–Trinajstić information content (AvgIpc) is 2.97. The Morgan fingerprint density at radius 3 is 2.07 bits per heavy atom. The lowest BCUT2D eigenvalue weighted by Crippen LogP contribution is -2.53. The van der Waals surface area contributed by atoms with Crippen molar-refractivity contribution in [3.8, 4) is 5.75 Å². The Morgan fingerprint density at radius 2 is 1.52 bits per heavy atom. The number of ether oxygens (including phenoxy) is 1. The number of sulfonamides is 1. The van der Waals surface area contributed by atoms with Crippen molar-refractivity contribution in [2.24, 2.45) is 0 Å². The minimum absolute atomic E-state index is 0.0953. The Hall–Kier alpha value is -3.92.